The summed E-state index contributed by atoms with van der Waals surface area (Å²) in [7, 11) is 1.32. The molecule has 0 radical (unpaired) electrons. The molecular formula is C12H17N3O3. The van der Waals surface area contributed by atoms with Crippen LogP contribution in [0.5, 0.6) is 0 Å². The number of rotatable bonds is 3. The van der Waals surface area contributed by atoms with Gasteiger partial charge >= 0.3 is 5.97 Å². The third-order valence-electron chi connectivity index (χ3n) is 3.14. The highest BCUT2D eigenvalue weighted by Crippen LogP contribution is 2.27. The first kappa shape index (κ1) is 12.6. The average molecular weight is 251 g/mol. The number of hydrogen-bond acceptors (Lipinski definition) is 6. The summed E-state index contributed by atoms with van der Waals surface area (Å²) in [5, 5.41) is 9.13. The SMILES string of the molecule is COC(=O)c1ccc(N)c(N2CCC(CO)C2)n1. The Morgan fingerprint density at radius 1 is 1.67 bits per heavy atom. The first-order valence-electron chi connectivity index (χ1n) is 5.86. The molecule has 3 N–H and O–H groups in total. The van der Waals surface area contributed by atoms with Crippen molar-refractivity contribution in [3.63, 3.8) is 0 Å². The van der Waals surface area contributed by atoms with Crippen molar-refractivity contribution in [2.45, 2.75) is 6.42 Å². The number of ether oxygens (including phenoxy) is 1. The number of hydrogen-bond donors (Lipinski definition) is 2. The highest BCUT2D eigenvalue weighted by Gasteiger charge is 2.25. The molecule has 1 aliphatic rings. The van der Waals surface area contributed by atoms with E-state index in [2.05, 4.69) is 9.72 Å². The number of aliphatic hydroxyl groups is 1. The number of nitrogens with two attached hydrogens (primary N) is 1. The van der Waals surface area contributed by atoms with Gasteiger partial charge in [-0.1, -0.05) is 0 Å². The number of esters is 1. The quantitative estimate of drug-likeness (QED) is 0.750. The molecule has 18 heavy (non-hydrogen) atoms. The molecule has 1 unspecified atom stereocenters. The van der Waals surface area contributed by atoms with E-state index in [1.54, 1.807) is 12.1 Å². The summed E-state index contributed by atoms with van der Waals surface area (Å²) in [5.74, 6) is 0.357. The molecule has 6 nitrogen and oxygen atoms in total. The number of nitrogens with zero attached hydrogens (tertiary/aromatic N) is 2. The van der Waals surface area contributed by atoms with Crippen molar-refractivity contribution in [1.82, 2.24) is 4.98 Å². The molecule has 0 aliphatic carbocycles. The van der Waals surface area contributed by atoms with Gasteiger partial charge in [0, 0.05) is 25.6 Å². The Bertz CT molecular complexity index is 450. The maximum atomic E-state index is 11.4. The van der Waals surface area contributed by atoms with Crippen LogP contribution in [-0.2, 0) is 4.74 Å². The Labute approximate surface area is 105 Å². The summed E-state index contributed by atoms with van der Waals surface area (Å²) in [4.78, 5) is 17.7. The van der Waals surface area contributed by atoms with Gasteiger partial charge < -0.3 is 20.5 Å². The Kier molecular flexibility index (Phi) is 3.66. The molecule has 1 fully saturated rings. The van der Waals surface area contributed by atoms with E-state index in [-0.39, 0.29) is 18.2 Å². The van der Waals surface area contributed by atoms with E-state index in [0.29, 0.717) is 18.1 Å². The standard InChI is InChI=1S/C12H17N3O3/c1-18-12(17)10-3-2-9(13)11(14-10)15-5-4-8(6-15)7-16/h2-3,8,16H,4-7,13H2,1H3. The van der Waals surface area contributed by atoms with Gasteiger partial charge in [-0.15, -0.1) is 0 Å². The second-order valence-electron chi connectivity index (χ2n) is 4.38. The van der Waals surface area contributed by atoms with Crippen molar-refractivity contribution >= 4 is 17.5 Å². The van der Waals surface area contributed by atoms with Gasteiger partial charge in [0.05, 0.1) is 12.8 Å². The molecule has 1 aromatic heterocycles. The number of carbonyl (C=O) groups excluding carboxylic acids is 1. The van der Waals surface area contributed by atoms with Crippen molar-refractivity contribution in [2.24, 2.45) is 5.92 Å². The highest BCUT2D eigenvalue weighted by molar-refractivity contribution is 5.88. The number of aromatic nitrogens is 1. The van der Waals surface area contributed by atoms with Crippen molar-refractivity contribution in [1.29, 1.82) is 0 Å². The van der Waals surface area contributed by atoms with Crippen LogP contribution in [0.2, 0.25) is 0 Å². The lowest BCUT2D eigenvalue weighted by Crippen LogP contribution is -2.23. The number of anilines is 2. The number of pyridine rings is 1. The number of nitrogen functional groups attached to an aromatic ring is 1. The van der Waals surface area contributed by atoms with Gasteiger partial charge in [0.1, 0.15) is 0 Å². The van der Waals surface area contributed by atoms with E-state index in [9.17, 15) is 4.79 Å². The summed E-state index contributed by atoms with van der Waals surface area (Å²) in [6.45, 7) is 1.65. The molecule has 0 bridgehead atoms. The minimum absolute atomic E-state index is 0.160. The highest BCUT2D eigenvalue weighted by atomic mass is 16.5. The van der Waals surface area contributed by atoms with E-state index >= 15 is 0 Å². The molecule has 1 aromatic rings. The van der Waals surface area contributed by atoms with E-state index < -0.39 is 5.97 Å². The second-order valence-corrected chi connectivity index (χ2v) is 4.38. The predicted octanol–water partition coefficient (Wildman–Crippen LogP) is 0.269. The maximum Gasteiger partial charge on any atom is 0.356 e. The topological polar surface area (TPSA) is 88.7 Å². The number of methoxy groups -OCH3 is 1. The van der Waals surface area contributed by atoms with Crippen molar-refractivity contribution in [2.75, 3.05) is 37.4 Å². The zero-order valence-electron chi connectivity index (χ0n) is 10.3. The van der Waals surface area contributed by atoms with Gasteiger partial charge in [-0.25, -0.2) is 9.78 Å². The van der Waals surface area contributed by atoms with Crippen LogP contribution in [0.1, 0.15) is 16.9 Å². The minimum atomic E-state index is -0.478. The monoisotopic (exact) mass is 251 g/mol. The molecule has 2 heterocycles. The summed E-state index contributed by atoms with van der Waals surface area (Å²) >= 11 is 0. The first-order chi connectivity index (χ1) is 8.65. The maximum absolute atomic E-state index is 11.4. The van der Waals surface area contributed by atoms with Gasteiger partial charge in [0.2, 0.25) is 0 Å². The van der Waals surface area contributed by atoms with Crippen molar-refractivity contribution in [3.05, 3.63) is 17.8 Å². The third-order valence-corrected chi connectivity index (χ3v) is 3.14. The molecule has 1 atom stereocenters. The molecule has 2 rings (SSSR count). The van der Waals surface area contributed by atoms with Gasteiger partial charge in [0.15, 0.2) is 11.5 Å². The van der Waals surface area contributed by atoms with Gasteiger partial charge in [-0.2, -0.15) is 0 Å². The molecule has 1 saturated heterocycles. The molecule has 1 aliphatic heterocycles. The average Bonchev–Trinajstić information content (AvgIpc) is 2.87. The van der Waals surface area contributed by atoms with Crippen molar-refractivity contribution in [3.8, 4) is 0 Å². The van der Waals surface area contributed by atoms with E-state index in [1.807, 2.05) is 4.90 Å². The van der Waals surface area contributed by atoms with Gasteiger partial charge in [-0.05, 0) is 18.6 Å². The molecule has 0 saturated carbocycles. The lowest BCUT2D eigenvalue weighted by molar-refractivity contribution is 0.0594. The smallest absolute Gasteiger partial charge is 0.356 e. The predicted molar refractivity (Wildman–Crippen MR) is 67.4 cm³/mol. The summed E-state index contributed by atoms with van der Waals surface area (Å²) in [6.07, 6.45) is 0.903. The normalized spacial score (nSPS) is 19.0. The molecular weight excluding hydrogens is 234 g/mol. The lowest BCUT2D eigenvalue weighted by atomic mass is 10.1. The summed E-state index contributed by atoms with van der Waals surface area (Å²) < 4.78 is 4.64. The van der Waals surface area contributed by atoms with Crippen LogP contribution >= 0.6 is 0 Å². The Balaban J connectivity index is 2.24. The summed E-state index contributed by atoms with van der Waals surface area (Å²) in [6, 6.07) is 3.20. The molecule has 98 valence electrons. The lowest BCUT2D eigenvalue weighted by Gasteiger charge is -2.19. The minimum Gasteiger partial charge on any atom is -0.464 e. The fourth-order valence-corrected chi connectivity index (χ4v) is 2.10. The Hall–Kier alpha value is -1.82. The van der Waals surface area contributed by atoms with Crippen LogP contribution in [0.4, 0.5) is 11.5 Å². The van der Waals surface area contributed by atoms with Crippen LogP contribution in [0, 0.1) is 5.92 Å². The van der Waals surface area contributed by atoms with E-state index in [0.717, 1.165) is 13.0 Å². The van der Waals surface area contributed by atoms with Crippen LogP contribution in [-0.4, -0.2) is 42.9 Å². The fourth-order valence-electron chi connectivity index (χ4n) is 2.10. The zero-order chi connectivity index (χ0) is 13.1. The third kappa shape index (κ3) is 2.38. The zero-order valence-corrected chi connectivity index (χ0v) is 10.3. The molecule has 0 amide bonds. The van der Waals surface area contributed by atoms with Crippen molar-refractivity contribution < 1.29 is 14.6 Å². The second kappa shape index (κ2) is 5.22. The van der Waals surface area contributed by atoms with Gasteiger partial charge in [-0.3, -0.25) is 0 Å². The van der Waals surface area contributed by atoms with E-state index in [4.69, 9.17) is 10.8 Å². The number of aliphatic hydroxyl groups excluding tert-OH is 1. The van der Waals surface area contributed by atoms with Crippen LogP contribution < -0.4 is 10.6 Å². The summed E-state index contributed by atoms with van der Waals surface area (Å²) in [5.41, 5.74) is 6.65. The Morgan fingerprint density at radius 3 is 3.06 bits per heavy atom. The Morgan fingerprint density at radius 2 is 2.44 bits per heavy atom. The van der Waals surface area contributed by atoms with Crippen LogP contribution in [0.25, 0.3) is 0 Å². The van der Waals surface area contributed by atoms with Crippen LogP contribution in [0.15, 0.2) is 12.1 Å². The first-order valence-corrected chi connectivity index (χ1v) is 5.86. The van der Waals surface area contributed by atoms with Gasteiger partial charge in [0.25, 0.3) is 0 Å². The van der Waals surface area contributed by atoms with E-state index in [1.165, 1.54) is 7.11 Å². The molecule has 0 aromatic carbocycles. The number of carbonyl (C=O) groups is 1. The molecule has 6 heteroatoms. The molecule has 0 spiro atoms. The fraction of sp³-hybridized carbons (Fsp3) is 0.500. The largest absolute Gasteiger partial charge is 0.464 e. The van der Waals surface area contributed by atoms with Crippen LogP contribution in [0.3, 0.4) is 0 Å².